The molecule has 0 aromatic carbocycles. The quantitative estimate of drug-likeness (QED) is 0.0266. The van der Waals surface area contributed by atoms with Gasteiger partial charge in [-0.3, -0.25) is 19.2 Å². The highest BCUT2D eigenvalue weighted by molar-refractivity contribution is 5.76. The molecule has 1 atom stereocenters. The molecule has 306 valence electrons. The molecule has 0 aromatic heterocycles. The number of carbonyl (C=O) groups is 4. The Morgan fingerprint density at radius 3 is 1.56 bits per heavy atom. The van der Waals surface area contributed by atoms with Crippen molar-refractivity contribution < 1.29 is 33.4 Å². The zero-order chi connectivity index (χ0) is 38.5. The van der Waals surface area contributed by atoms with Gasteiger partial charge in [0.1, 0.15) is 6.10 Å². The third kappa shape index (κ3) is 32.5. The molecule has 0 aliphatic heterocycles. The number of amides is 1. The first-order chi connectivity index (χ1) is 25.3. The summed E-state index contributed by atoms with van der Waals surface area (Å²) in [6.07, 6.45) is 27.5. The van der Waals surface area contributed by atoms with Crippen molar-refractivity contribution in [2.75, 3.05) is 46.9 Å². The maximum Gasteiger partial charge on any atom is 0.306 e. The Labute approximate surface area is 320 Å². The lowest BCUT2D eigenvalue weighted by Crippen LogP contribution is -2.40. The number of hydrogen-bond acceptors (Lipinski definition) is 8. The Kier molecular flexibility index (Phi) is 35.6. The highest BCUT2D eigenvalue weighted by Crippen LogP contribution is 2.19. The number of unbranched alkanes of at least 4 members (excludes halogenated alkanes) is 17. The van der Waals surface area contributed by atoms with Crippen LogP contribution in [0.1, 0.15) is 194 Å². The van der Waals surface area contributed by atoms with Crippen molar-refractivity contribution in [3.63, 3.8) is 0 Å². The molecular weight excluding hydrogens is 656 g/mol. The van der Waals surface area contributed by atoms with Gasteiger partial charge in [0.15, 0.2) is 0 Å². The highest BCUT2D eigenvalue weighted by atomic mass is 16.5. The molecule has 52 heavy (non-hydrogen) atoms. The molecule has 0 aromatic rings. The second kappa shape index (κ2) is 37.2. The van der Waals surface area contributed by atoms with Crippen molar-refractivity contribution in [2.45, 2.75) is 200 Å². The topological polar surface area (TPSA) is 102 Å². The summed E-state index contributed by atoms with van der Waals surface area (Å²) in [7, 11) is 4.03. The van der Waals surface area contributed by atoms with Crippen LogP contribution in [-0.2, 0) is 33.4 Å². The first kappa shape index (κ1) is 49.8. The minimum atomic E-state index is -0.288. The molecule has 0 heterocycles. The predicted octanol–water partition coefficient (Wildman–Crippen LogP) is 10.2. The van der Waals surface area contributed by atoms with Crippen molar-refractivity contribution in [3.05, 3.63) is 0 Å². The van der Waals surface area contributed by atoms with Crippen LogP contribution in [0.5, 0.6) is 0 Å². The Hall–Kier alpha value is -2.16. The summed E-state index contributed by atoms with van der Waals surface area (Å²) in [6.45, 7) is 9.12. The van der Waals surface area contributed by atoms with E-state index in [4.69, 9.17) is 14.2 Å². The summed E-state index contributed by atoms with van der Waals surface area (Å²) in [6, 6.07) is 0. The first-order valence-corrected chi connectivity index (χ1v) is 21.6. The molecule has 0 fully saturated rings. The van der Waals surface area contributed by atoms with Crippen LogP contribution in [0, 0.1) is 5.92 Å². The van der Waals surface area contributed by atoms with Gasteiger partial charge in [0.05, 0.1) is 13.2 Å². The summed E-state index contributed by atoms with van der Waals surface area (Å²) in [5.74, 6) is -0.554. The molecule has 0 bridgehead atoms. The Bertz CT molecular complexity index is 837. The molecule has 1 amide bonds. The van der Waals surface area contributed by atoms with Gasteiger partial charge in [-0.2, -0.15) is 0 Å². The normalized spacial score (nSPS) is 11.9. The minimum Gasteiger partial charge on any atom is -0.467 e. The van der Waals surface area contributed by atoms with Crippen molar-refractivity contribution in [1.82, 2.24) is 9.80 Å². The monoisotopic (exact) mass is 739 g/mol. The fourth-order valence-electron chi connectivity index (χ4n) is 6.56. The van der Waals surface area contributed by atoms with E-state index in [0.29, 0.717) is 45.2 Å². The van der Waals surface area contributed by atoms with E-state index in [0.717, 1.165) is 83.6 Å². The van der Waals surface area contributed by atoms with Crippen LogP contribution in [0.4, 0.5) is 0 Å². The van der Waals surface area contributed by atoms with Crippen LogP contribution in [0.3, 0.4) is 0 Å². The number of carbonyl (C=O) groups excluding carboxylic acids is 4. The van der Waals surface area contributed by atoms with E-state index >= 15 is 0 Å². The number of ether oxygens (including phenoxy) is 3. The number of nitrogens with zero attached hydrogens (tertiary/aromatic N) is 2. The van der Waals surface area contributed by atoms with Crippen LogP contribution in [0.2, 0.25) is 0 Å². The zero-order valence-electron chi connectivity index (χ0n) is 34.6. The predicted molar refractivity (Wildman–Crippen MR) is 213 cm³/mol. The Balaban J connectivity index is 4.62. The molecule has 0 spiro atoms. The molecular formula is C43H82N2O7. The second-order valence-electron chi connectivity index (χ2n) is 15.3. The lowest BCUT2D eigenvalue weighted by atomic mass is 10.0. The van der Waals surface area contributed by atoms with Gasteiger partial charge in [-0.05, 0) is 72.0 Å². The number of rotatable bonds is 39. The van der Waals surface area contributed by atoms with Gasteiger partial charge < -0.3 is 24.0 Å². The van der Waals surface area contributed by atoms with E-state index in [1.807, 2.05) is 19.0 Å². The summed E-state index contributed by atoms with van der Waals surface area (Å²) < 4.78 is 16.6. The molecule has 0 saturated carbocycles. The van der Waals surface area contributed by atoms with Crippen LogP contribution in [-0.4, -0.2) is 87.2 Å². The summed E-state index contributed by atoms with van der Waals surface area (Å²) in [5.41, 5.74) is 0. The maximum absolute atomic E-state index is 13.2. The van der Waals surface area contributed by atoms with E-state index in [1.165, 1.54) is 70.6 Å². The Morgan fingerprint density at radius 2 is 1.04 bits per heavy atom. The second-order valence-corrected chi connectivity index (χ2v) is 15.3. The lowest BCUT2D eigenvalue weighted by molar-refractivity contribution is -0.150. The minimum absolute atomic E-state index is 0.0409. The van der Waals surface area contributed by atoms with Crippen molar-refractivity contribution >= 4 is 24.3 Å². The van der Waals surface area contributed by atoms with Crippen molar-refractivity contribution in [3.8, 4) is 0 Å². The molecule has 1 unspecified atom stereocenters. The first-order valence-electron chi connectivity index (χ1n) is 21.6. The van der Waals surface area contributed by atoms with Crippen LogP contribution in [0.25, 0.3) is 0 Å². The molecule has 9 nitrogen and oxygen atoms in total. The fraction of sp³-hybridized carbons (Fsp3) is 0.907. The lowest BCUT2D eigenvalue weighted by Gasteiger charge is -2.28. The maximum atomic E-state index is 13.2. The number of esters is 2. The van der Waals surface area contributed by atoms with Crippen LogP contribution < -0.4 is 0 Å². The fourth-order valence-corrected chi connectivity index (χ4v) is 6.56. The third-order valence-electron chi connectivity index (χ3n) is 9.81. The van der Waals surface area contributed by atoms with Crippen molar-refractivity contribution in [2.24, 2.45) is 5.92 Å². The number of hydrogen-bond donors (Lipinski definition) is 0. The SMILES string of the molecule is CCCCCCCCC(CCCCCCCC)OC(=O)CCCCCCC(=O)OCC(COC=O)CN(CCCN(C)C)C(=O)CCCCCCC. The van der Waals surface area contributed by atoms with E-state index in [-0.39, 0.29) is 43.1 Å². The van der Waals surface area contributed by atoms with E-state index in [1.54, 1.807) is 0 Å². The molecule has 0 N–H and O–H groups in total. The largest absolute Gasteiger partial charge is 0.467 e. The van der Waals surface area contributed by atoms with Crippen molar-refractivity contribution in [1.29, 1.82) is 0 Å². The van der Waals surface area contributed by atoms with Gasteiger partial charge >= 0.3 is 11.9 Å². The van der Waals surface area contributed by atoms with Gasteiger partial charge in [-0.1, -0.05) is 124 Å². The highest BCUT2D eigenvalue weighted by Gasteiger charge is 2.21. The van der Waals surface area contributed by atoms with E-state index < -0.39 is 0 Å². The summed E-state index contributed by atoms with van der Waals surface area (Å²) in [5, 5.41) is 0. The zero-order valence-corrected chi connectivity index (χ0v) is 34.6. The van der Waals surface area contributed by atoms with Gasteiger partial charge in [0.2, 0.25) is 5.91 Å². The van der Waals surface area contributed by atoms with E-state index in [2.05, 4.69) is 25.7 Å². The van der Waals surface area contributed by atoms with Gasteiger partial charge in [-0.25, -0.2) is 0 Å². The molecule has 0 saturated heterocycles. The van der Waals surface area contributed by atoms with Gasteiger partial charge in [0, 0.05) is 38.3 Å². The molecule has 0 aliphatic carbocycles. The summed E-state index contributed by atoms with van der Waals surface area (Å²) >= 11 is 0. The standard InChI is InChI=1S/C43H82N2O7/c1-6-9-12-15-18-22-28-40(29-23-19-16-13-10-7-2)52-43(49)32-26-21-20-25-31-42(48)51-37-39(36-50-38-46)35-45(34-27-33-44(4)5)41(47)30-24-17-14-11-8-3/h38-40H,6-37H2,1-5H3. The van der Waals surface area contributed by atoms with Gasteiger partial charge in [0.25, 0.3) is 6.47 Å². The molecule has 0 rings (SSSR count). The van der Waals surface area contributed by atoms with Gasteiger partial charge in [-0.15, -0.1) is 0 Å². The van der Waals surface area contributed by atoms with E-state index in [9.17, 15) is 19.2 Å². The Morgan fingerprint density at radius 1 is 0.558 bits per heavy atom. The van der Waals surface area contributed by atoms with Crippen LogP contribution >= 0.6 is 0 Å². The smallest absolute Gasteiger partial charge is 0.306 e. The van der Waals surface area contributed by atoms with Crippen LogP contribution in [0.15, 0.2) is 0 Å². The third-order valence-corrected chi connectivity index (χ3v) is 9.81. The average molecular weight is 739 g/mol. The molecule has 0 radical (unpaired) electrons. The average Bonchev–Trinajstić information content (AvgIpc) is 3.12. The molecule has 0 aliphatic rings. The summed E-state index contributed by atoms with van der Waals surface area (Å²) in [4.78, 5) is 53.4. The molecule has 9 heteroatoms.